The Labute approximate surface area is 134 Å². The first-order valence-electron chi connectivity index (χ1n) is 7.37. The van der Waals surface area contributed by atoms with Crippen LogP contribution in [0.15, 0.2) is 47.1 Å². The van der Waals surface area contributed by atoms with E-state index in [1.807, 2.05) is 0 Å². The van der Waals surface area contributed by atoms with E-state index in [1.165, 1.54) is 17.2 Å². The minimum Gasteiger partial charge on any atom is -0.459 e. The summed E-state index contributed by atoms with van der Waals surface area (Å²) in [6, 6.07) is 9.59. The predicted molar refractivity (Wildman–Crippen MR) is 83.1 cm³/mol. The van der Waals surface area contributed by atoms with Gasteiger partial charge in [-0.1, -0.05) is 18.2 Å². The van der Waals surface area contributed by atoms with Crippen LogP contribution in [-0.4, -0.2) is 30.3 Å². The number of hydrogen-bond acceptors (Lipinski definition) is 3. The first kappa shape index (κ1) is 16.7. The Bertz CT molecular complexity index is 656. The molecule has 122 valence electrons. The van der Waals surface area contributed by atoms with Crippen LogP contribution in [0.5, 0.6) is 0 Å². The molecular weight excluding hydrogens is 299 g/mol. The third-order valence-corrected chi connectivity index (χ3v) is 3.39. The van der Waals surface area contributed by atoms with Gasteiger partial charge in [0.25, 0.3) is 5.91 Å². The summed E-state index contributed by atoms with van der Waals surface area (Å²) in [5.74, 6) is -0.478. The second-order valence-electron chi connectivity index (χ2n) is 5.18. The summed E-state index contributed by atoms with van der Waals surface area (Å²) in [6.07, 6.45) is 2.21. The zero-order valence-electron chi connectivity index (χ0n) is 12.9. The van der Waals surface area contributed by atoms with Gasteiger partial charge < -0.3 is 14.6 Å². The molecule has 2 amide bonds. The highest BCUT2D eigenvalue weighted by molar-refractivity contribution is 5.91. The molecule has 0 aliphatic heterocycles. The number of amides is 2. The molecule has 5 nitrogen and oxygen atoms in total. The Balaban J connectivity index is 1.70. The standard InChI is InChI=1S/C17H19FN2O3/c1-20(12-13-6-2-3-7-14(13)18)16(21)9-4-10-19-17(22)15-8-5-11-23-15/h2-3,5-8,11H,4,9-10,12H2,1H3,(H,19,22). The Morgan fingerprint density at radius 1 is 1.22 bits per heavy atom. The van der Waals surface area contributed by atoms with E-state index in [-0.39, 0.29) is 36.4 Å². The summed E-state index contributed by atoms with van der Waals surface area (Å²) < 4.78 is 18.5. The molecule has 0 saturated heterocycles. The maximum atomic E-state index is 13.5. The van der Waals surface area contributed by atoms with Crippen molar-refractivity contribution in [3.63, 3.8) is 0 Å². The van der Waals surface area contributed by atoms with Gasteiger partial charge in [0, 0.05) is 32.1 Å². The van der Waals surface area contributed by atoms with Gasteiger partial charge in [0.05, 0.1) is 6.26 Å². The second kappa shape index (κ2) is 8.12. The van der Waals surface area contributed by atoms with Crippen molar-refractivity contribution < 1.29 is 18.4 Å². The van der Waals surface area contributed by atoms with Crippen LogP contribution < -0.4 is 5.32 Å². The molecule has 1 N–H and O–H groups in total. The zero-order valence-corrected chi connectivity index (χ0v) is 12.9. The van der Waals surface area contributed by atoms with E-state index in [0.717, 1.165) is 0 Å². The molecule has 2 aromatic rings. The van der Waals surface area contributed by atoms with Crippen LogP contribution in [0.25, 0.3) is 0 Å². The van der Waals surface area contributed by atoms with Gasteiger partial charge in [-0.3, -0.25) is 9.59 Å². The highest BCUT2D eigenvalue weighted by Gasteiger charge is 2.12. The minimum absolute atomic E-state index is 0.0968. The Hall–Kier alpha value is -2.63. The number of carbonyl (C=O) groups excluding carboxylic acids is 2. The molecule has 0 bridgehead atoms. The van der Waals surface area contributed by atoms with Gasteiger partial charge in [0.2, 0.25) is 5.91 Å². The first-order chi connectivity index (χ1) is 11.1. The fourth-order valence-corrected chi connectivity index (χ4v) is 2.10. The lowest BCUT2D eigenvalue weighted by atomic mass is 10.2. The van der Waals surface area contributed by atoms with Crippen molar-refractivity contribution >= 4 is 11.8 Å². The van der Waals surface area contributed by atoms with Gasteiger partial charge >= 0.3 is 0 Å². The van der Waals surface area contributed by atoms with E-state index >= 15 is 0 Å². The lowest BCUT2D eigenvalue weighted by Gasteiger charge is -2.17. The molecule has 0 radical (unpaired) electrons. The van der Waals surface area contributed by atoms with Crippen LogP contribution >= 0.6 is 0 Å². The van der Waals surface area contributed by atoms with Crippen molar-refractivity contribution in [2.75, 3.05) is 13.6 Å². The first-order valence-corrected chi connectivity index (χ1v) is 7.37. The van der Waals surface area contributed by atoms with Crippen LogP contribution in [-0.2, 0) is 11.3 Å². The summed E-state index contributed by atoms with van der Waals surface area (Å²) in [5.41, 5.74) is 0.481. The van der Waals surface area contributed by atoms with E-state index in [2.05, 4.69) is 5.32 Å². The van der Waals surface area contributed by atoms with Crippen LogP contribution in [0.2, 0.25) is 0 Å². The second-order valence-corrected chi connectivity index (χ2v) is 5.18. The van der Waals surface area contributed by atoms with E-state index in [9.17, 15) is 14.0 Å². The third kappa shape index (κ3) is 4.95. The molecule has 0 unspecified atom stereocenters. The lowest BCUT2D eigenvalue weighted by molar-refractivity contribution is -0.130. The van der Waals surface area contributed by atoms with Gasteiger partial charge in [0.1, 0.15) is 5.82 Å². The van der Waals surface area contributed by atoms with Crippen LogP contribution in [0, 0.1) is 5.82 Å². The smallest absolute Gasteiger partial charge is 0.286 e. The maximum absolute atomic E-state index is 13.5. The van der Waals surface area contributed by atoms with Crippen LogP contribution in [0.4, 0.5) is 4.39 Å². The number of halogens is 1. The quantitative estimate of drug-likeness (QED) is 0.798. The van der Waals surface area contributed by atoms with Gasteiger partial charge in [-0.05, 0) is 24.6 Å². The topological polar surface area (TPSA) is 62.6 Å². The Morgan fingerprint density at radius 2 is 2.00 bits per heavy atom. The molecule has 6 heteroatoms. The molecule has 0 atom stereocenters. The molecule has 0 aliphatic rings. The number of nitrogens with zero attached hydrogens (tertiary/aromatic N) is 1. The largest absolute Gasteiger partial charge is 0.459 e. The molecule has 1 aromatic carbocycles. The molecule has 2 rings (SSSR count). The minimum atomic E-state index is -0.321. The number of carbonyl (C=O) groups is 2. The number of furan rings is 1. The summed E-state index contributed by atoms with van der Waals surface area (Å²) >= 11 is 0. The monoisotopic (exact) mass is 318 g/mol. The van der Waals surface area contributed by atoms with E-state index < -0.39 is 0 Å². The number of benzene rings is 1. The summed E-state index contributed by atoms with van der Waals surface area (Å²) in [7, 11) is 1.64. The Morgan fingerprint density at radius 3 is 2.70 bits per heavy atom. The van der Waals surface area contributed by atoms with E-state index in [4.69, 9.17) is 4.42 Å². The van der Waals surface area contributed by atoms with Crippen LogP contribution in [0.1, 0.15) is 29.0 Å². The molecule has 1 heterocycles. The van der Waals surface area contributed by atoms with E-state index in [0.29, 0.717) is 18.5 Å². The van der Waals surface area contributed by atoms with Gasteiger partial charge in [-0.15, -0.1) is 0 Å². The number of hydrogen-bond donors (Lipinski definition) is 1. The molecule has 0 aliphatic carbocycles. The van der Waals surface area contributed by atoms with Gasteiger partial charge in [0.15, 0.2) is 5.76 Å². The predicted octanol–water partition coefficient (Wildman–Crippen LogP) is 2.59. The average Bonchev–Trinajstić information content (AvgIpc) is 3.07. The Kier molecular flexibility index (Phi) is 5.91. The number of nitrogens with one attached hydrogen (secondary N) is 1. The normalized spacial score (nSPS) is 10.3. The van der Waals surface area contributed by atoms with Crippen molar-refractivity contribution in [3.8, 4) is 0 Å². The highest BCUT2D eigenvalue weighted by Crippen LogP contribution is 2.10. The summed E-state index contributed by atoms with van der Waals surface area (Å²) in [4.78, 5) is 25.1. The van der Waals surface area contributed by atoms with Crippen LogP contribution in [0.3, 0.4) is 0 Å². The van der Waals surface area contributed by atoms with E-state index in [1.54, 1.807) is 37.4 Å². The molecular formula is C17H19FN2O3. The molecule has 0 saturated carbocycles. The fourth-order valence-electron chi connectivity index (χ4n) is 2.10. The fraction of sp³-hybridized carbons (Fsp3) is 0.294. The average molecular weight is 318 g/mol. The van der Waals surface area contributed by atoms with Crippen molar-refractivity contribution in [2.24, 2.45) is 0 Å². The van der Waals surface area contributed by atoms with Crippen molar-refractivity contribution in [3.05, 3.63) is 59.8 Å². The van der Waals surface area contributed by atoms with Crippen molar-refractivity contribution in [1.82, 2.24) is 10.2 Å². The molecule has 0 fully saturated rings. The molecule has 23 heavy (non-hydrogen) atoms. The van der Waals surface area contributed by atoms with Crippen molar-refractivity contribution in [2.45, 2.75) is 19.4 Å². The summed E-state index contributed by atoms with van der Waals surface area (Å²) in [5, 5.41) is 2.67. The molecule has 1 aromatic heterocycles. The van der Waals surface area contributed by atoms with Gasteiger partial charge in [-0.2, -0.15) is 0 Å². The summed E-state index contributed by atoms with van der Waals surface area (Å²) in [6.45, 7) is 0.600. The third-order valence-electron chi connectivity index (χ3n) is 3.39. The molecule has 0 spiro atoms. The zero-order chi connectivity index (χ0) is 16.7. The number of rotatable bonds is 7. The SMILES string of the molecule is CN(Cc1ccccc1F)C(=O)CCCNC(=O)c1ccco1. The lowest BCUT2D eigenvalue weighted by Crippen LogP contribution is -2.28. The van der Waals surface area contributed by atoms with Gasteiger partial charge in [-0.25, -0.2) is 4.39 Å². The van der Waals surface area contributed by atoms with Crippen molar-refractivity contribution in [1.29, 1.82) is 0 Å². The maximum Gasteiger partial charge on any atom is 0.286 e. The highest BCUT2D eigenvalue weighted by atomic mass is 19.1.